The number of benzene rings is 1. The van der Waals surface area contributed by atoms with Gasteiger partial charge >= 0.3 is 0 Å². The Morgan fingerprint density at radius 3 is 2.50 bits per heavy atom. The average molecular weight is 242 g/mol. The zero-order chi connectivity index (χ0) is 12.2. The number of carboxylic acids is 1. The second-order valence-corrected chi connectivity index (χ2v) is 4.20. The number of rotatable bonds is 5. The molecule has 0 heterocycles. The Balaban J connectivity index is 2.78. The monoisotopic (exact) mass is 241 g/mol. The molecule has 0 saturated carbocycles. The van der Waals surface area contributed by atoms with Crippen LogP contribution in [0.5, 0.6) is 5.75 Å². The first-order valence-electron chi connectivity index (χ1n) is 5.08. The number of carbonyl (C=O) groups excluding carboxylic acids is 1. The highest BCUT2D eigenvalue weighted by atomic mass is 35.5. The molecule has 0 aliphatic heterocycles. The maximum atomic E-state index is 11.0. The minimum atomic E-state index is -1.20. The molecule has 4 heteroatoms. The Labute approximate surface area is 100.0 Å². The zero-order valence-corrected chi connectivity index (χ0v) is 10.0. The van der Waals surface area contributed by atoms with Crippen molar-refractivity contribution in [2.75, 3.05) is 0 Å². The molecule has 1 rings (SSSR count). The van der Waals surface area contributed by atoms with Crippen LogP contribution in [0, 0.1) is 5.41 Å². The lowest BCUT2D eigenvalue weighted by molar-refractivity contribution is -0.320. The molecule has 1 aromatic carbocycles. The van der Waals surface area contributed by atoms with Gasteiger partial charge in [-0.2, -0.15) is 0 Å². The summed E-state index contributed by atoms with van der Waals surface area (Å²) in [6.07, 6.45) is 0.344. The zero-order valence-electron chi connectivity index (χ0n) is 9.27. The van der Waals surface area contributed by atoms with Crippen LogP contribution in [0.2, 0.25) is 0 Å². The third-order valence-corrected chi connectivity index (χ3v) is 3.26. The number of aliphatic carboxylic acids is 1. The lowest BCUT2D eigenvalue weighted by atomic mass is 9.88. The number of carbonyl (C=O) groups is 1. The van der Waals surface area contributed by atoms with Gasteiger partial charge in [0.1, 0.15) is 5.75 Å². The molecular weight excluding hydrogens is 228 g/mol. The number of hydrogen-bond donors (Lipinski definition) is 0. The van der Waals surface area contributed by atoms with E-state index in [-0.39, 0.29) is 0 Å². The van der Waals surface area contributed by atoms with Crippen molar-refractivity contribution < 1.29 is 14.6 Å². The summed E-state index contributed by atoms with van der Waals surface area (Å²) in [5.41, 5.74) is -2.15. The largest absolute Gasteiger partial charge is 0.549 e. The average Bonchev–Trinajstić information content (AvgIpc) is 2.28. The summed E-state index contributed by atoms with van der Waals surface area (Å²) < 4.78 is 5.38. The molecule has 0 amide bonds. The van der Waals surface area contributed by atoms with E-state index in [4.69, 9.17) is 16.3 Å². The van der Waals surface area contributed by atoms with Crippen molar-refractivity contribution in [3.05, 3.63) is 30.3 Å². The highest BCUT2D eigenvalue weighted by molar-refractivity contribution is 6.21. The standard InChI is InChI=1S/C12H15ClO3/c1-3-12(2,11(14)15)10(13)16-9-7-5-4-6-8-9/h4-8,10H,3H2,1-2H3,(H,14,15)/p-1. The van der Waals surface area contributed by atoms with Gasteiger partial charge in [-0.25, -0.2) is 0 Å². The first-order chi connectivity index (χ1) is 7.50. The Bertz CT molecular complexity index is 353. The summed E-state index contributed by atoms with van der Waals surface area (Å²) in [4.78, 5) is 11.0. The molecule has 0 aromatic heterocycles. The molecule has 2 unspecified atom stereocenters. The topological polar surface area (TPSA) is 49.4 Å². The number of ether oxygens (including phenoxy) is 1. The van der Waals surface area contributed by atoms with Gasteiger partial charge in [-0.1, -0.05) is 36.7 Å². The Kier molecular flexibility index (Phi) is 4.19. The molecule has 0 N–H and O–H groups in total. The summed E-state index contributed by atoms with van der Waals surface area (Å²) >= 11 is 5.97. The highest BCUT2D eigenvalue weighted by Crippen LogP contribution is 2.31. The number of hydrogen-bond acceptors (Lipinski definition) is 3. The first-order valence-corrected chi connectivity index (χ1v) is 5.51. The van der Waals surface area contributed by atoms with E-state index in [0.717, 1.165) is 0 Å². The van der Waals surface area contributed by atoms with E-state index in [1.165, 1.54) is 6.92 Å². The fraction of sp³-hybridized carbons (Fsp3) is 0.417. The minimum Gasteiger partial charge on any atom is -0.549 e. The summed E-state index contributed by atoms with van der Waals surface area (Å²) in [5, 5.41) is 11.0. The van der Waals surface area contributed by atoms with Crippen molar-refractivity contribution in [3.8, 4) is 5.75 Å². The SMILES string of the molecule is CCC(C)(C(=O)[O-])C(Cl)Oc1ccccc1. The lowest BCUT2D eigenvalue weighted by Gasteiger charge is -2.33. The molecule has 0 aliphatic carbocycles. The molecule has 0 spiro atoms. The van der Waals surface area contributed by atoms with Crippen molar-refractivity contribution in [1.82, 2.24) is 0 Å². The van der Waals surface area contributed by atoms with Crippen molar-refractivity contribution in [2.45, 2.75) is 25.8 Å². The summed E-state index contributed by atoms with van der Waals surface area (Å²) in [6, 6.07) is 8.87. The van der Waals surface area contributed by atoms with E-state index in [2.05, 4.69) is 0 Å². The molecule has 0 bridgehead atoms. The molecule has 88 valence electrons. The van der Waals surface area contributed by atoms with E-state index < -0.39 is 16.9 Å². The van der Waals surface area contributed by atoms with Crippen LogP contribution < -0.4 is 9.84 Å². The van der Waals surface area contributed by atoms with Crippen LogP contribution in [0.4, 0.5) is 0 Å². The van der Waals surface area contributed by atoms with Crippen LogP contribution in [0.15, 0.2) is 30.3 Å². The van der Waals surface area contributed by atoms with Gasteiger partial charge in [-0.3, -0.25) is 0 Å². The summed E-state index contributed by atoms with van der Waals surface area (Å²) in [5.74, 6) is -0.658. The maximum Gasteiger partial charge on any atom is 0.182 e. The third kappa shape index (κ3) is 2.67. The summed E-state index contributed by atoms with van der Waals surface area (Å²) in [6.45, 7) is 3.25. The van der Waals surface area contributed by atoms with Gasteiger partial charge in [-0.05, 0) is 25.5 Å². The Morgan fingerprint density at radius 2 is 2.06 bits per heavy atom. The molecule has 0 aliphatic rings. The van der Waals surface area contributed by atoms with E-state index >= 15 is 0 Å². The first kappa shape index (κ1) is 12.8. The van der Waals surface area contributed by atoms with Crippen molar-refractivity contribution in [1.29, 1.82) is 0 Å². The van der Waals surface area contributed by atoms with E-state index in [0.29, 0.717) is 12.2 Å². The fourth-order valence-corrected chi connectivity index (χ4v) is 1.49. The number of alkyl halides is 1. The fourth-order valence-electron chi connectivity index (χ4n) is 1.15. The lowest BCUT2D eigenvalue weighted by Crippen LogP contribution is -2.47. The molecule has 2 atom stereocenters. The second-order valence-electron chi connectivity index (χ2n) is 3.81. The van der Waals surface area contributed by atoms with Crippen LogP contribution in [0.25, 0.3) is 0 Å². The molecule has 16 heavy (non-hydrogen) atoms. The molecule has 3 nitrogen and oxygen atoms in total. The van der Waals surface area contributed by atoms with Gasteiger partial charge < -0.3 is 14.6 Å². The van der Waals surface area contributed by atoms with E-state index in [1.807, 2.05) is 6.07 Å². The minimum absolute atomic E-state index is 0.344. The van der Waals surface area contributed by atoms with Crippen molar-refractivity contribution in [2.24, 2.45) is 5.41 Å². The van der Waals surface area contributed by atoms with E-state index in [9.17, 15) is 9.90 Å². The van der Waals surface area contributed by atoms with Crippen LogP contribution in [0.1, 0.15) is 20.3 Å². The normalized spacial score (nSPS) is 16.2. The Morgan fingerprint density at radius 1 is 1.50 bits per heavy atom. The third-order valence-electron chi connectivity index (χ3n) is 2.68. The van der Waals surface area contributed by atoms with Crippen LogP contribution in [-0.4, -0.2) is 11.5 Å². The van der Waals surface area contributed by atoms with Crippen molar-refractivity contribution >= 4 is 17.6 Å². The Hall–Kier alpha value is -1.22. The van der Waals surface area contributed by atoms with Gasteiger partial charge in [0, 0.05) is 0 Å². The van der Waals surface area contributed by atoms with Gasteiger partial charge in [0.25, 0.3) is 0 Å². The molecule has 0 radical (unpaired) electrons. The summed E-state index contributed by atoms with van der Waals surface area (Å²) in [7, 11) is 0. The number of para-hydroxylation sites is 1. The van der Waals surface area contributed by atoms with Crippen molar-refractivity contribution in [3.63, 3.8) is 0 Å². The molecule has 0 saturated heterocycles. The smallest absolute Gasteiger partial charge is 0.182 e. The van der Waals surface area contributed by atoms with Crippen LogP contribution in [0.3, 0.4) is 0 Å². The van der Waals surface area contributed by atoms with Gasteiger partial charge in [0.15, 0.2) is 5.56 Å². The highest BCUT2D eigenvalue weighted by Gasteiger charge is 2.34. The number of halogens is 1. The van der Waals surface area contributed by atoms with E-state index in [1.54, 1.807) is 31.2 Å². The molecule has 0 fully saturated rings. The predicted molar refractivity (Wildman–Crippen MR) is 60.1 cm³/mol. The predicted octanol–water partition coefficient (Wildman–Crippen LogP) is 1.80. The molecule has 1 aromatic rings. The number of carboxylic acid groups (broad SMARTS) is 1. The molecular formula is C12H14ClO3-. The van der Waals surface area contributed by atoms with Gasteiger partial charge in [-0.15, -0.1) is 0 Å². The maximum absolute atomic E-state index is 11.0. The van der Waals surface area contributed by atoms with Crippen LogP contribution in [-0.2, 0) is 4.79 Å². The van der Waals surface area contributed by atoms with Gasteiger partial charge in [0.2, 0.25) is 0 Å². The van der Waals surface area contributed by atoms with Gasteiger partial charge in [0.05, 0.1) is 11.4 Å². The quantitative estimate of drug-likeness (QED) is 0.739. The second kappa shape index (κ2) is 5.21. The van der Waals surface area contributed by atoms with Crippen LogP contribution >= 0.6 is 11.6 Å².